The highest BCUT2D eigenvalue weighted by atomic mass is 32.2. The lowest BCUT2D eigenvalue weighted by atomic mass is 10.8. The van der Waals surface area contributed by atoms with Gasteiger partial charge < -0.3 is 5.11 Å². The number of rotatable bonds is 1. The second kappa shape index (κ2) is 5.87. The monoisotopic (exact) mass is 116 g/mol. The molecular weight excluding hydrogens is 108 g/mol. The van der Waals surface area contributed by atoms with Gasteiger partial charge in [-0.15, -0.1) is 0 Å². The van der Waals surface area contributed by atoms with E-state index < -0.39 is 0 Å². The van der Waals surface area contributed by atoms with E-state index in [1.165, 1.54) is 11.8 Å². The Bertz CT molecular complexity index is 79.8. The van der Waals surface area contributed by atoms with Gasteiger partial charge in [0.2, 0.25) is 0 Å². The third-order valence-electron chi connectivity index (χ3n) is 0.368. The standard InChI is InChI=1S/C5H8OS/c1-2-7-5-3-4-6/h6H,2,4H2,1H3. The van der Waals surface area contributed by atoms with Crippen molar-refractivity contribution in [3.8, 4) is 11.2 Å². The molecule has 0 aromatic carbocycles. The maximum atomic E-state index is 8.11. The summed E-state index contributed by atoms with van der Waals surface area (Å²) in [6.45, 7) is 2.00. The average Bonchev–Trinajstić information content (AvgIpc) is 1.69. The van der Waals surface area contributed by atoms with Crippen LogP contribution < -0.4 is 0 Å². The van der Waals surface area contributed by atoms with Crippen LogP contribution in [0.5, 0.6) is 0 Å². The van der Waals surface area contributed by atoms with Crippen LogP contribution in [0.3, 0.4) is 0 Å². The smallest absolute Gasteiger partial charge is 0.105 e. The van der Waals surface area contributed by atoms with E-state index in [2.05, 4.69) is 11.2 Å². The van der Waals surface area contributed by atoms with E-state index in [1.807, 2.05) is 6.92 Å². The second-order valence-electron chi connectivity index (χ2n) is 0.870. The molecule has 0 heterocycles. The van der Waals surface area contributed by atoms with Crippen LogP contribution in [0.25, 0.3) is 0 Å². The summed E-state index contributed by atoms with van der Waals surface area (Å²) in [5, 5.41) is 10.8. The molecule has 0 spiro atoms. The van der Waals surface area contributed by atoms with Gasteiger partial charge >= 0.3 is 0 Å². The molecule has 0 saturated carbocycles. The van der Waals surface area contributed by atoms with E-state index in [1.54, 1.807) is 0 Å². The molecule has 0 aliphatic rings. The van der Waals surface area contributed by atoms with Gasteiger partial charge in [0, 0.05) is 5.75 Å². The van der Waals surface area contributed by atoms with Crippen LogP contribution in [0.1, 0.15) is 6.92 Å². The van der Waals surface area contributed by atoms with Gasteiger partial charge in [-0.05, 0) is 5.25 Å². The summed E-state index contributed by atoms with van der Waals surface area (Å²) in [6.07, 6.45) is 0. The van der Waals surface area contributed by atoms with Crippen LogP contribution in [0, 0.1) is 11.2 Å². The maximum Gasteiger partial charge on any atom is 0.105 e. The molecule has 0 aliphatic carbocycles. The van der Waals surface area contributed by atoms with E-state index >= 15 is 0 Å². The Morgan fingerprint density at radius 1 is 1.71 bits per heavy atom. The third kappa shape index (κ3) is 5.87. The van der Waals surface area contributed by atoms with Gasteiger partial charge in [0.25, 0.3) is 0 Å². The fourth-order valence-electron chi connectivity index (χ4n) is 0.155. The molecule has 0 bridgehead atoms. The molecule has 1 nitrogen and oxygen atoms in total. The Balaban J connectivity index is 2.91. The number of aliphatic hydroxyl groups excluding tert-OH is 1. The van der Waals surface area contributed by atoms with Crippen molar-refractivity contribution < 1.29 is 5.11 Å². The number of hydrogen-bond acceptors (Lipinski definition) is 2. The Hall–Kier alpha value is -0.130. The molecule has 0 aromatic rings. The first-order valence-electron chi connectivity index (χ1n) is 2.12. The quantitative estimate of drug-likeness (QED) is 0.509. The predicted molar refractivity (Wildman–Crippen MR) is 33.0 cm³/mol. The van der Waals surface area contributed by atoms with Crippen LogP contribution in [0.4, 0.5) is 0 Å². The molecule has 1 N–H and O–H groups in total. The van der Waals surface area contributed by atoms with Crippen LogP contribution in [-0.4, -0.2) is 17.5 Å². The van der Waals surface area contributed by atoms with Gasteiger partial charge in [-0.2, -0.15) is 0 Å². The molecular formula is C5H8OS. The van der Waals surface area contributed by atoms with Crippen molar-refractivity contribution in [3.63, 3.8) is 0 Å². The molecule has 0 atom stereocenters. The molecule has 0 aromatic heterocycles. The van der Waals surface area contributed by atoms with Crippen molar-refractivity contribution in [2.24, 2.45) is 0 Å². The topological polar surface area (TPSA) is 20.2 Å². The minimum atomic E-state index is -0.0208. The minimum absolute atomic E-state index is 0.0208. The van der Waals surface area contributed by atoms with E-state index in [-0.39, 0.29) is 6.61 Å². The summed E-state index contributed by atoms with van der Waals surface area (Å²) >= 11 is 1.51. The molecule has 0 radical (unpaired) electrons. The van der Waals surface area contributed by atoms with Gasteiger partial charge in [0.05, 0.1) is 0 Å². The second-order valence-corrected chi connectivity index (χ2v) is 1.94. The van der Waals surface area contributed by atoms with Crippen molar-refractivity contribution in [3.05, 3.63) is 0 Å². The lowest BCUT2D eigenvalue weighted by Gasteiger charge is -1.74. The zero-order valence-corrected chi connectivity index (χ0v) is 5.09. The highest BCUT2D eigenvalue weighted by Crippen LogP contribution is 1.91. The molecule has 0 rings (SSSR count). The predicted octanol–water partition coefficient (Wildman–Crippen LogP) is 0.693. The summed E-state index contributed by atoms with van der Waals surface area (Å²) in [6, 6.07) is 0. The number of hydrogen-bond donors (Lipinski definition) is 1. The summed E-state index contributed by atoms with van der Waals surface area (Å²) in [7, 11) is 0. The fraction of sp³-hybridized carbons (Fsp3) is 0.600. The summed E-state index contributed by atoms with van der Waals surface area (Å²) in [5.41, 5.74) is 0. The van der Waals surface area contributed by atoms with E-state index in [0.29, 0.717) is 0 Å². The van der Waals surface area contributed by atoms with Gasteiger partial charge in [-0.3, -0.25) is 0 Å². The van der Waals surface area contributed by atoms with Crippen molar-refractivity contribution in [2.75, 3.05) is 12.4 Å². The molecule has 2 heteroatoms. The molecule has 40 valence electrons. The lowest BCUT2D eigenvalue weighted by molar-refractivity contribution is 0.351. The van der Waals surface area contributed by atoms with E-state index in [0.717, 1.165) is 5.75 Å². The normalized spacial score (nSPS) is 7.14. The van der Waals surface area contributed by atoms with Crippen molar-refractivity contribution >= 4 is 11.8 Å². The highest BCUT2D eigenvalue weighted by Gasteiger charge is 1.66. The Morgan fingerprint density at radius 3 is 2.86 bits per heavy atom. The first-order chi connectivity index (χ1) is 3.41. The average molecular weight is 116 g/mol. The SMILES string of the molecule is CCSC#CCO. The molecule has 7 heavy (non-hydrogen) atoms. The molecule has 0 aliphatic heterocycles. The Kier molecular flexibility index (Phi) is 5.76. The largest absolute Gasteiger partial charge is 0.384 e. The van der Waals surface area contributed by atoms with Crippen LogP contribution in [-0.2, 0) is 0 Å². The van der Waals surface area contributed by atoms with Crippen LogP contribution in [0.15, 0.2) is 0 Å². The zero-order chi connectivity index (χ0) is 5.54. The highest BCUT2D eigenvalue weighted by molar-refractivity contribution is 8.03. The lowest BCUT2D eigenvalue weighted by Crippen LogP contribution is -1.68. The molecule has 0 unspecified atom stereocenters. The summed E-state index contributed by atoms with van der Waals surface area (Å²) in [4.78, 5) is 0. The summed E-state index contributed by atoms with van der Waals surface area (Å²) in [5.74, 6) is 3.51. The number of thioether (sulfide) groups is 1. The zero-order valence-electron chi connectivity index (χ0n) is 4.27. The summed E-state index contributed by atoms with van der Waals surface area (Å²) < 4.78 is 0. The Labute approximate surface area is 48.1 Å². The molecule has 0 amide bonds. The van der Waals surface area contributed by atoms with Gasteiger partial charge in [0.15, 0.2) is 0 Å². The number of aliphatic hydroxyl groups is 1. The minimum Gasteiger partial charge on any atom is -0.384 e. The van der Waals surface area contributed by atoms with Gasteiger partial charge in [-0.25, -0.2) is 0 Å². The Morgan fingerprint density at radius 2 is 2.43 bits per heavy atom. The van der Waals surface area contributed by atoms with Crippen molar-refractivity contribution in [1.82, 2.24) is 0 Å². The van der Waals surface area contributed by atoms with Crippen LogP contribution in [0.2, 0.25) is 0 Å². The van der Waals surface area contributed by atoms with Gasteiger partial charge in [-0.1, -0.05) is 24.6 Å². The van der Waals surface area contributed by atoms with Crippen LogP contribution >= 0.6 is 11.8 Å². The van der Waals surface area contributed by atoms with Gasteiger partial charge in [0.1, 0.15) is 6.61 Å². The van der Waals surface area contributed by atoms with E-state index in [4.69, 9.17) is 5.11 Å². The van der Waals surface area contributed by atoms with Crippen molar-refractivity contribution in [2.45, 2.75) is 6.92 Å². The molecule has 0 saturated heterocycles. The first kappa shape index (κ1) is 6.87. The third-order valence-corrected chi connectivity index (χ3v) is 0.945. The molecule has 0 fully saturated rings. The fourth-order valence-corrected chi connectivity index (χ4v) is 0.466. The van der Waals surface area contributed by atoms with Crippen molar-refractivity contribution in [1.29, 1.82) is 0 Å². The van der Waals surface area contributed by atoms with E-state index in [9.17, 15) is 0 Å². The maximum absolute atomic E-state index is 8.11. The first-order valence-corrected chi connectivity index (χ1v) is 3.11.